The largest absolute Gasteiger partial charge is 0.336 e. The topological polar surface area (TPSA) is 23.6 Å². The van der Waals surface area contributed by atoms with Crippen molar-refractivity contribution in [2.45, 2.75) is 70.9 Å². The molecular weight excluding hydrogens is 332 g/mol. The van der Waals surface area contributed by atoms with Crippen LogP contribution in [0.3, 0.4) is 0 Å². The van der Waals surface area contributed by atoms with Crippen molar-refractivity contribution < 1.29 is 4.79 Å². The number of hydrogen-bond donors (Lipinski definition) is 0. The third-order valence-electron chi connectivity index (χ3n) is 7.28. The van der Waals surface area contributed by atoms with E-state index in [0.717, 1.165) is 49.4 Å². The van der Waals surface area contributed by atoms with Gasteiger partial charge in [0, 0.05) is 37.3 Å². The number of piperidine rings is 1. The van der Waals surface area contributed by atoms with Crippen molar-refractivity contribution in [2.24, 2.45) is 11.8 Å². The lowest BCUT2D eigenvalue weighted by Crippen LogP contribution is -2.50. The van der Waals surface area contributed by atoms with E-state index in [9.17, 15) is 4.79 Å². The molecule has 27 heavy (non-hydrogen) atoms. The van der Waals surface area contributed by atoms with E-state index >= 15 is 0 Å². The minimum atomic E-state index is 0.183. The standard InChI is InChI=1S/C24H34N2O/c1-17(2)19-8-10-21(11-9-19)25-14-12-22(13-15-25)26-18(3)24(27)16-20-6-4-5-7-23(20)26/h4-7,17,19,21-22H,3,8-16H2,1-2H3. The number of carbonyl (C=O) groups is 1. The first-order valence-electron chi connectivity index (χ1n) is 10.9. The van der Waals surface area contributed by atoms with Gasteiger partial charge in [-0.1, -0.05) is 38.6 Å². The van der Waals surface area contributed by atoms with Crippen molar-refractivity contribution in [1.82, 2.24) is 4.90 Å². The predicted molar refractivity (Wildman–Crippen MR) is 112 cm³/mol. The maximum Gasteiger partial charge on any atom is 0.183 e. The molecule has 2 aliphatic heterocycles. The Bertz CT molecular complexity index is 694. The number of hydrogen-bond acceptors (Lipinski definition) is 3. The second-order valence-electron chi connectivity index (χ2n) is 9.13. The van der Waals surface area contributed by atoms with Gasteiger partial charge in [-0.25, -0.2) is 0 Å². The number of benzene rings is 1. The maximum atomic E-state index is 12.5. The summed E-state index contributed by atoms with van der Waals surface area (Å²) in [4.78, 5) is 17.4. The van der Waals surface area contributed by atoms with Crippen molar-refractivity contribution in [3.8, 4) is 0 Å². The lowest BCUT2D eigenvalue weighted by molar-refractivity contribution is -0.115. The van der Waals surface area contributed by atoms with Crippen molar-refractivity contribution in [3.63, 3.8) is 0 Å². The number of Topliss-reactive ketones (excluding diaryl/α,β-unsaturated/α-hetero) is 1. The van der Waals surface area contributed by atoms with Crippen LogP contribution in [-0.4, -0.2) is 35.9 Å². The average molecular weight is 367 g/mol. The van der Waals surface area contributed by atoms with Gasteiger partial charge < -0.3 is 9.80 Å². The van der Waals surface area contributed by atoms with E-state index in [-0.39, 0.29) is 5.78 Å². The Hall–Kier alpha value is -1.61. The smallest absolute Gasteiger partial charge is 0.183 e. The molecule has 0 spiro atoms. The quantitative estimate of drug-likeness (QED) is 0.717. The zero-order valence-corrected chi connectivity index (χ0v) is 17.0. The number of fused-ring (bicyclic) bond motifs is 1. The molecule has 0 bridgehead atoms. The van der Waals surface area contributed by atoms with E-state index in [1.54, 1.807) is 0 Å². The van der Waals surface area contributed by atoms with Crippen LogP contribution in [0.25, 0.3) is 0 Å². The van der Waals surface area contributed by atoms with Gasteiger partial charge >= 0.3 is 0 Å². The molecule has 1 saturated heterocycles. The highest BCUT2D eigenvalue weighted by Gasteiger charge is 2.35. The van der Waals surface area contributed by atoms with Crippen LogP contribution in [-0.2, 0) is 11.2 Å². The molecule has 2 heterocycles. The number of para-hydroxylation sites is 1. The van der Waals surface area contributed by atoms with Gasteiger partial charge in [0.15, 0.2) is 5.78 Å². The van der Waals surface area contributed by atoms with Gasteiger partial charge in [0.1, 0.15) is 0 Å². The van der Waals surface area contributed by atoms with E-state index < -0.39 is 0 Å². The number of anilines is 1. The number of likely N-dealkylation sites (tertiary alicyclic amines) is 1. The van der Waals surface area contributed by atoms with E-state index in [2.05, 4.69) is 48.4 Å². The molecule has 1 aromatic rings. The fourth-order valence-electron chi connectivity index (χ4n) is 5.51. The number of rotatable bonds is 3. The highest BCUT2D eigenvalue weighted by molar-refractivity contribution is 6.03. The van der Waals surface area contributed by atoms with Crippen LogP contribution >= 0.6 is 0 Å². The Balaban J connectivity index is 1.40. The summed E-state index contributed by atoms with van der Waals surface area (Å²) in [5, 5.41) is 0. The zero-order chi connectivity index (χ0) is 19.0. The molecule has 0 amide bonds. The van der Waals surface area contributed by atoms with E-state index in [1.165, 1.54) is 31.4 Å². The monoisotopic (exact) mass is 366 g/mol. The SMILES string of the molecule is C=C1C(=O)Cc2ccccc2N1C1CCN(C2CCC(C(C)C)CC2)CC1. The molecule has 3 aliphatic rings. The van der Waals surface area contributed by atoms with Gasteiger partial charge in [-0.15, -0.1) is 0 Å². The fourth-order valence-corrected chi connectivity index (χ4v) is 5.51. The summed E-state index contributed by atoms with van der Waals surface area (Å²) >= 11 is 0. The lowest BCUT2D eigenvalue weighted by atomic mass is 9.79. The molecule has 1 aliphatic carbocycles. The molecule has 2 fully saturated rings. The molecule has 3 heteroatoms. The Labute approximate surface area is 164 Å². The first-order valence-corrected chi connectivity index (χ1v) is 10.9. The van der Waals surface area contributed by atoms with Crippen LogP contribution in [0, 0.1) is 11.8 Å². The Morgan fingerprint density at radius 2 is 1.63 bits per heavy atom. The highest BCUT2D eigenvalue weighted by atomic mass is 16.1. The lowest BCUT2D eigenvalue weighted by Gasteiger charge is -2.45. The summed E-state index contributed by atoms with van der Waals surface area (Å²) in [5.74, 6) is 1.94. The molecule has 146 valence electrons. The first-order chi connectivity index (χ1) is 13.0. The highest BCUT2D eigenvalue weighted by Crippen LogP contribution is 2.37. The summed E-state index contributed by atoms with van der Waals surface area (Å²) in [6.07, 6.45) is 8.29. The number of carbonyl (C=O) groups excluding carboxylic acids is 1. The van der Waals surface area contributed by atoms with Gasteiger partial charge in [0.2, 0.25) is 0 Å². The third kappa shape index (κ3) is 3.71. The van der Waals surface area contributed by atoms with Gasteiger partial charge in [-0.3, -0.25) is 4.79 Å². The van der Waals surface area contributed by atoms with E-state index in [0.29, 0.717) is 18.2 Å². The molecule has 0 atom stereocenters. The molecule has 0 radical (unpaired) electrons. The second-order valence-corrected chi connectivity index (χ2v) is 9.13. The number of ketones is 1. The van der Waals surface area contributed by atoms with Crippen molar-refractivity contribution in [1.29, 1.82) is 0 Å². The van der Waals surface area contributed by atoms with Crippen LogP contribution in [0.4, 0.5) is 5.69 Å². The van der Waals surface area contributed by atoms with E-state index in [4.69, 9.17) is 0 Å². The normalized spacial score (nSPS) is 27.9. The van der Waals surface area contributed by atoms with Crippen LogP contribution in [0.15, 0.2) is 36.5 Å². The number of allylic oxidation sites excluding steroid dienone is 1. The average Bonchev–Trinajstić information content (AvgIpc) is 2.69. The molecular formula is C24H34N2O. The maximum absolute atomic E-state index is 12.5. The van der Waals surface area contributed by atoms with Crippen LogP contribution < -0.4 is 4.90 Å². The van der Waals surface area contributed by atoms with Gasteiger partial charge in [-0.05, 0) is 62.0 Å². The summed E-state index contributed by atoms with van der Waals surface area (Å²) in [6.45, 7) is 11.2. The van der Waals surface area contributed by atoms with Gasteiger partial charge in [0.25, 0.3) is 0 Å². The summed E-state index contributed by atoms with van der Waals surface area (Å²) in [6, 6.07) is 9.55. The molecule has 4 rings (SSSR count). The van der Waals surface area contributed by atoms with E-state index in [1.807, 2.05) is 6.07 Å². The van der Waals surface area contributed by atoms with Gasteiger partial charge in [-0.2, -0.15) is 0 Å². The summed E-state index contributed by atoms with van der Waals surface area (Å²) < 4.78 is 0. The molecule has 1 saturated carbocycles. The summed E-state index contributed by atoms with van der Waals surface area (Å²) in [7, 11) is 0. The van der Waals surface area contributed by atoms with Crippen LogP contribution in [0.5, 0.6) is 0 Å². The van der Waals surface area contributed by atoms with Crippen molar-refractivity contribution in [3.05, 3.63) is 42.1 Å². The third-order valence-corrected chi connectivity index (χ3v) is 7.28. The van der Waals surface area contributed by atoms with Crippen LogP contribution in [0.1, 0.15) is 57.9 Å². The molecule has 3 nitrogen and oxygen atoms in total. The molecule has 0 aromatic heterocycles. The Morgan fingerprint density at radius 1 is 0.963 bits per heavy atom. The number of nitrogens with zero attached hydrogens (tertiary/aromatic N) is 2. The second kappa shape index (κ2) is 7.79. The molecule has 0 unspecified atom stereocenters. The summed E-state index contributed by atoms with van der Waals surface area (Å²) in [5.41, 5.74) is 3.06. The molecule has 1 aromatic carbocycles. The first kappa shape index (κ1) is 18.7. The minimum Gasteiger partial charge on any atom is -0.336 e. The van der Waals surface area contributed by atoms with Gasteiger partial charge in [0.05, 0.1) is 5.70 Å². The Kier molecular flexibility index (Phi) is 5.41. The predicted octanol–water partition coefficient (Wildman–Crippen LogP) is 4.81. The Morgan fingerprint density at radius 3 is 2.30 bits per heavy atom. The van der Waals surface area contributed by atoms with Crippen molar-refractivity contribution in [2.75, 3.05) is 18.0 Å². The molecule has 0 N–H and O–H groups in total. The fraction of sp³-hybridized carbons (Fsp3) is 0.625. The zero-order valence-electron chi connectivity index (χ0n) is 17.0. The minimum absolute atomic E-state index is 0.183. The van der Waals surface area contributed by atoms with Crippen LogP contribution in [0.2, 0.25) is 0 Å². The van der Waals surface area contributed by atoms with Crippen molar-refractivity contribution >= 4 is 11.5 Å².